The highest BCUT2D eigenvalue weighted by Gasteiger charge is 2.27. The number of hydrogen-bond donors (Lipinski definition) is 0. The second-order valence-electron chi connectivity index (χ2n) is 25.7. The molecule has 3 aromatic heterocycles. The predicted molar refractivity (Wildman–Crippen MR) is 428 cm³/mol. The number of fused-ring (bicyclic) bond motifs is 6. The van der Waals surface area contributed by atoms with Crippen LogP contribution in [0, 0.1) is 119 Å². The standard InChI is InChI=1S/C94H40N18/c1-102-70-25-17-57(18-26-70)72-40-60(19-27-82(72)111-84-28-20-61(88-66(50-98)33-54(47-95)36-78(88)104-3)41-74(84)75-42-62(21-29-85(75)111)89-67(51-99)34-55(48-96)37-79(89)105-4)73-45-65(94-109-92(58-13-9-7-10-14-58)108-93(110-94)59-15-11-8-12-16-59)24-32-83(73)112-86-30-22-63(90-68(52-100)35-56(49-97)38-80(90)106-5)43-76(86)77-44-64(23-31-87(77)112)91-69(53-101)39-71(103-2)46-81(91)107-6/h7-46H. The molecule has 0 radical (unpaired) electrons. The van der Waals surface area contributed by atoms with Crippen molar-refractivity contribution in [2.75, 3.05) is 0 Å². The van der Waals surface area contributed by atoms with E-state index in [4.69, 9.17) is 54.4 Å². The van der Waals surface area contributed by atoms with Gasteiger partial charge in [0.1, 0.15) is 0 Å². The van der Waals surface area contributed by atoms with Gasteiger partial charge in [0.15, 0.2) is 51.6 Å². The fourth-order valence-electron chi connectivity index (χ4n) is 14.7. The Morgan fingerprint density at radius 3 is 0.911 bits per heavy atom. The van der Waals surface area contributed by atoms with Gasteiger partial charge in [-0.2, -0.15) is 36.8 Å². The van der Waals surface area contributed by atoms with Crippen molar-refractivity contribution in [1.29, 1.82) is 36.8 Å². The minimum Gasteiger partial charge on any atom is -0.309 e. The highest BCUT2D eigenvalue weighted by Crippen LogP contribution is 2.49. The summed E-state index contributed by atoms with van der Waals surface area (Å²) in [5, 5.41) is 75.3. The first-order valence-electron chi connectivity index (χ1n) is 34.1. The van der Waals surface area contributed by atoms with Crippen LogP contribution in [-0.4, -0.2) is 24.1 Å². The van der Waals surface area contributed by atoms with Gasteiger partial charge < -0.3 is 9.13 Å². The average molecular weight is 1420 g/mol. The van der Waals surface area contributed by atoms with Crippen molar-refractivity contribution in [3.8, 4) is 155 Å². The summed E-state index contributed by atoms with van der Waals surface area (Å²) in [6.45, 7) is 49.2. The van der Waals surface area contributed by atoms with Crippen molar-refractivity contribution in [2.45, 2.75) is 0 Å². The summed E-state index contributed by atoms with van der Waals surface area (Å²) < 4.78 is 4.17. The molecule has 0 unspecified atom stereocenters. The van der Waals surface area contributed by atoms with E-state index in [0.717, 1.165) is 11.1 Å². The van der Waals surface area contributed by atoms with Crippen molar-refractivity contribution < 1.29 is 0 Å². The lowest BCUT2D eigenvalue weighted by Crippen LogP contribution is -2.02. The first-order chi connectivity index (χ1) is 54.9. The number of nitriles is 7. The largest absolute Gasteiger partial charge is 0.309 e. The zero-order valence-corrected chi connectivity index (χ0v) is 58.1. The highest BCUT2D eigenvalue weighted by molar-refractivity contribution is 6.15. The molecule has 0 spiro atoms. The number of aromatic nitrogens is 5. The van der Waals surface area contributed by atoms with Crippen LogP contribution in [-0.2, 0) is 0 Å². The van der Waals surface area contributed by atoms with E-state index in [2.05, 4.69) is 86.8 Å². The van der Waals surface area contributed by atoms with Gasteiger partial charge >= 0.3 is 0 Å². The molecule has 13 aromatic carbocycles. The van der Waals surface area contributed by atoms with Gasteiger partial charge in [0, 0.05) is 93.9 Å². The van der Waals surface area contributed by atoms with Crippen LogP contribution < -0.4 is 0 Å². The summed E-state index contributed by atoms with van der Waals surface area (Å²) in [5.74, 6) is 1.17. The fraction of sp³-hybridized carbons (Fsp3) is 0. The van der Waals surface area contributed by atoms with Crippen molar-refractivity contribution in [2.24, 2.45) is 0 Å². The molecule has 18 heteroatoms. The predicted octanol–water partition coefficient (Wildman–Crippen LogP) is 23.5. The second-order valence-corrected chi connectivity index (χ2v) is 25.7. The fourth-order valence-corrected chi connectivity index (χ4v) is 14.7. The van der Waals surface area contributed by atoms with Crippen LogP contribution in [0.4, 0.5) is 34.1 Å². The number of hydrogen-bond acceptors (Lipinski definition) is 10. The monoisotopic (exact) mass is 1420 g/mol. The maximum atomic E-state index is 10.7. The van der Waals surface area contributed by atoms with Crippen LogP contribution in [0.2, 0.25) is 0 Å². The van der Waals surface area contributed by atoms with Crippen LogP contribution in [0.25, 0.3) is 185 Å². The molecular formula is C94H40N18. The zero-order valence-electron chi connectivity index (χ0n) is 58.1. The summed E-state index contributed by atoms with van der Waals surface area (Å²) in [4.78, 5) is 38.0. The molecule has 0 saturated heterocycles. The maximum absolute atomic E-state index is 10.7. The molecule has 0 bridgehead atoms. The minimum absolute atomic E-state index is 0.0834. The molecule has 16 rings (SSSR count). The highest BCUT2D eigenvalue weighted by atomic mass is 15.0. The molecule has 18 nitrogen and oxygen atoms in total. The number of rotatable bonds is 11. The summed E-state index contributed by atoms with van der Waals surface area (Å²) >= 11 is 0. The van der Waals surface area contributed by atoms with Gasteiger partial charge in [0.05, 0.1) is 132 Å². The van der Waals surface area contributed by atoms with Crippen LogP contribution in [0.5, 0.6) is 0 Å². The van der Waals surface area contributed by atoms with Crippen LogP contribution in [0.1, 0.15) is 38.9 Å². The Kier molecular flexibility index (Phi) is 17.1. The molecule has 0 atom stereocenters. The summed E-state index contributed by atoms with van der Waals surface area (Å²) in [7, 11) is 0. The van der Waals surface area contributed by atoms with E-state index in [1.807, 2.05) is 176 Å². The Morgan fingerprint density at radius 1 is 0.250 bits per heavy atom. The zero-order chi connectivity index (χ0) is 77.4. The van der Waals surface area contributed by atoms with Gasteiger partial charge in [0.2, 0.25) is 0 Å². The number of nitrogens with zero attached hydrogens (tertiary/aromatic N) is 18. The van der Waals surface area contributed by atoms with E-state index < -0.39 is 0 Å². The third-order valence-electron chi connectivity index (χ3n) is 19.7. The van der Waals surface area contributed by atoms with E-state index in [-0.39, 0.29) is 67.4 Å². The van der Waals surface area contributed by atoms with Gasteiger partial charge in [-0.05, 0) is 155 Å². The van der Waals surface area contributed by atoms with Crippen molar-refractivity contribution in [3.63, 3.8) is 0 Å². The average Bonchev–Trinajstić information content (AvgIpc) is 1.52. The smallest absolute Gasteiger partial charge is 0.197 e. The first kappa shape index (κ1) is 68.3. The molecule has 0 aliphatic carbocycles. The van der Waals surface area contributed by atoms with Gasteiger partial charge in [-0.3, -0.25) is 0 Å². The number of benzene rings is 13. The Hall–Kier alpha value is -18.2. The topological polar surface area (TPSA) is 241 Å². The molecule has 0 aliphatic heterocycles. The SMILES string of the molecule is [C-]#[N+]c1ccc(-c2cc(-c3cc(-c4nc(-c5ccccc5)nc(-c5ccccc5)n4)ccc3-n3c4ccc(-c5c(C#N)cc(C#N)cc5[N+]#[C-])cc4c4cc(-c5c(C#N)cc([N+]#[C-])cc5[N+]#[C-])ccc43)ccc2-n2c3ccc(-c4c(C#N)cc(C#N)cc4[N+]#[C-])cc3c3cc(-c4c(C#N)cc(C#N)cc4[N+]#[C-])ccc32)cc1. The Balaban J connectivity index is 1.01. The van der Waals surface area contributed by atoms with E-state index in [1.165, 1.54) is 48.5 Å². The molecule has 0 saturated carbocycles. The van der Waals surface area contributed by atoms with Gasteiger partial charge in [-0.15, -0.1) is 0 Å². The third kappa shape index (κ3) is 11.6. The van der Waals surface area contributed by atoms with E-state index in [1.54, 1.807) is 12.1 Å². The molecule has 0 amide bonds. The van der Waals surface area contributed by atoms with Crippen molar-refractivity contribution in [3.05, 3.63) is 350 Å². The third-order valence-corrected chi connectivity index (χ3v) is 19.7. The lowest BCUT2D eigenvalue weighted by atomic mass is 9.93. The molecular weight excluding hydrogens is 1380 g/mol. The van der Waals surface area contributed by atoms with Gasteiger partial charge in [-0.1, -0.05) is 121 Å². The van der Waals surface area contributed by atoms with Crippen molar-refractivity contribution >= 4 is 77.7 Å². The van der Waals surface area contributed by atoms with Crippen LogP contribution >= 0.6 is 0 Å². The van der Waals surface area contributed by atoms with Crippen LogP contribution in [0.3, 0.4) is 0 Å². The van der Waals surface area contributed by atoms with E-state index in [9.17, 15) is 36.8 Å². The molecule has 16 aromatic rings. The maximum Gasteiger partial charge on any atom is 0.197 e. The quantitative estimate of drug-likeness (QED) is 0.111. The van der Waals surface area contributed by atoms with Crippen LogP contribution in [0.15, 0.2) is 243 Å². The normalized spacial score (nSPS) is 10.6. The molecule has 506 valence electrons. The lowest BCUT2D eigenvalue weighted by Gasteiger charge is -2.20. The van der Waals surface area contributed by atoms with Gasteiger partial charge in [-0.25, -0.2) is 44.0 Å². The summed E-state index contributed by atoms with van der Waals surface area (Å²) in [6, 6.07) is 87.5. The molecule has 3 heterocycles. The molecule has 0 aliphatic rings. The van der Waals surface area contributed by atoms with Crippen molar-refractivity contribution in [1.82, 2.24) is 24.1 Å². The Labute approximate surface area is 639 Å². The molecule has 0 fully saturated rings. The second kappa shape index (κ2) is 28.1. The minimum atomic E-state index is 0.0834. The van der Waals surface area contributed by atoms with E-state index in [0.29, 0.717) is 150 Å². The van der Waals surface area contributed by atoms with E-state index >= 15 is 0 Å². The first-order valence-corrected chi connectivity index (χ1v) is 34.1. The Morgan fingerprint density at radius 2 is 0.562 bits per heavy atom. The van der Waals surface area contributed by atoms with Gasteiger partial charge in [0.25, 0.3) is 0 Å². The summed E-state index contributed by atoms with van der Waals surface area (Å²) in [6.07, 6.45) is 0. The lowest BCUT2D eigenvalue weighted by molar-refractivity contribution is 1.07. The molecule has 112 heavy (non-hydrogen) atoms. The molecule has 0 N–H and O–H groups in total. The summed E-state index contributed by atoms with van der Waals surface area (Å²) in [5.41, 5.74) is 13.5. The Bertz CT molecular complexity index is 6970.